The minimum absolute atomic E-state index is 0.136. The van der Waals surface area contributed by atoms with Crippen LogP contribution < -0.4 is 5.32 Å². The van der Waals surface area contributed by atoms with E-state index in [1.165, 1.54) is 41.9 Å². The smallest absolute Gasteiger partial charge is 0.230 e. The summed E-state index contributed by atoms with van der Waals surface area (Å²) in [7, 11) is 0. The molecule has 1 aromatic heterocycles. The second kappa shape index (κ2) is 10.2. The molecule has 0 aliphatic carbocycles. The SMILES string of the molecule is CCc1ccc(-c2nc(C)c(CSCC(=O)NCCN3CCCC3)s2)cc1. The maximum atomic E-state index is 12.0. The average molecular weight is 404 g/mol. The summed E-state index contributed by atoms with van der Waals surface area (Å²) in [4.78, 5) is 20.4. The quantitative estimate of drug-likeness (QED) is 0.684. The van der Waals surface area contributed by atoms with Gasteiger partial charge in [-0.15, -0.1) is 23.1 Å². The van der Waals surface area contributed by atoms with Crippen molar-refractivity contribution in [3.05, 3.63) is 40.4 Å². The number of thiazole rings is 1. The molecule has 27 heavy (non-hydrogen) atoms. The topological polar surface area (TPSA) is 45.2 Å². The van der Waals surface area contributed by atoms with Crippen molar-refractivity contribution in [2.75, 3.05) is 31.9 Å². The Bertz CT molecular complexity index is 736. The summed E-state index contributed by atoms with van der Waals surface area (Å²) in [5, 5.41) is 4.11. The highest BCUT2D eigenvalue weighted by Crippen LogP contribution is 2.30. The highest BCUT2D eigenvalue weighted by atomic mass is 32.2. The molecule has 6 heteroatoms. The number of aryl methyl sites for hydroxylation is 2. The summed E-state index contributed by atoms with van der Waals surface area (Å²) in [5.74, 6) is 1.49. The maximum absolute atomic E-state index is 12.0. The molecule has 1 fully saturated rings. The van der Waals surface area contributed by atoms with Crippen LogP contribution in [-0.4, -0.2) is 47.7 Å². The summed E-state index contributed by atoms with van der Waals surface area (Å²) >= 11 is 3.41. The largest absolute Gasteiger partial charge is 0.354 e. The van der Waals surface area contributed by atoms with Crippen molar-refractivity contribution >= 4 is 29.0 Å². The summed E-state index contributed by atoms with van der Waals surface area (Å²) in [6.07, 6.45) is 3.64. The van der Waals surface area contributed by atoms with Gasteiger partial charge in [0.2, 0.25) is 5.91 Å². The lowest BCUT2D eigenvalue weighted by atomic mass is 10.1. The van der Waals surface area contributed by atoms with Crippen molar-refractivity contribution in [3.63, 3.8) is 0 Å². The normalized spacial score (nSPS) is 14.6. The number of carbonyl (C=O) groups is 1. The molecule has 2 aromatic rings. The van der Waals surface area contributed by atoms with E-state index in [1.807, 2.05) is 0 Å². The van der Waals surface area contributed by atoms with Crippen molar-refractivity contribution in [3.8, 4) is 10.6 Å². The molecule has 4 nitrogen and oxygen atoms in total. The van der Waals surface area contributed by atoms with Crippen LogP contribution in [0, 0.1) is 6.92 Å². The van der Waals surface area contributed by atoms with Crippen LogP contribution in [0.2, 0.25) is 0 Å². The Kier molecular flexibility index (Phi) is 7.73. The average Bonchev–Trinajstić information content (AvgIpc) is 3.32. The standard InChI is InChI=1S/C21H29N3OS2/c1-3-17-6-8-18(9-7-17)21-23-16(2)19(27-21)14-26-15-20(25)22-10-13-24-11-4-5-12-24/h6-9H,3-5,10-15H2,1-2H3,(H,22,25). The Balaban J connectivity index is 1.42. The van der Waals surface area contributed by atoms with Crippen LogP contribution in [-0.2, 0) is 17.0 Å². The molecule has 1 N–H and O–H groups in total. The maximum Gasteiger partial charge on any atom is 0.230 e. The Morgan fingerprint density at radius 2 is 2.00 bits per heavy atom. The summed E-state index contributed by atoms with van der Waals surface area (Å²) in [5.41, 5.74) is 3.60. The van der Waals surface area contributed by atoms with Gasteiger partial charge in [0.15, 0.2) is 0 Å². The van der Waals surface area contributed by atoms with Gasteiger partial charge in [0.25, 0.3) is 0 Å². The first-order chi connectivity index (χ1) is 13.2. The van der Waals surface area contributed by atoms with Crippen molar-refractivity contribution in [1.82, 2.24) is 15.2 Å². The first-order valence-corrected chi connectivity index (χ1v) is 11.7. The summed E-state index contributed by atoms with van der Waals surface area (Å²) in [6, 6.07) is 8.66. The molecule has 1 amide bonds. The zero-order chi connectivity index (χ0) is 19.1. The Morgan fingerprint density at radius 1 is 1.26 bits per heavy atom. The number of benzene rings is 1. The van der Waals surface area contributed by atoms with Gasteiger partial charge < -0.3 is 10.2 Å². The van der Waals surface area contributed by atoms with Gasteiger partial charge in [-0.2, -0.15) is 0 Å². The molecular formula is C21H29N3OS2. The molecule has 0 atom stereocenters. The summed E-state index contributed by atoms with van der Waals surface area (Å²) in [6.45, 7) is 8.33. The van der Waals surface area contributed by atoms with E-state index in [0.29, 0.717) is 5.75 Å². The molecule has 0 radical (unpaired) electrons. The first-order valence-electron chi connectivity index (χ1n) is 9.78. The zero-order valence-electron chi connectivity index (χ0n) is 16.3. The molecule has 1 aromatic carbocycles. The molecule has 1 aliphatic heterocycles. The Labute approximate surface area is 170 Å². The molecule has 0 bridgehead atoms. The fourth-order valence-electron chi connectivity index (χ4n) is 3.22. The molecule has 0 saturated carbocycles. The second-order valence-corrected chi connectivity index (χ2v) is 9.04. The van der Waals surface area contributed by atoms with Gasteiger partial charge in [-0.25, -0.2) is 4.98 Å². The van der Waals surface area contributed by atoms with E-state index in [1.54, 1.807) is 23.1 Å². The number of aromatic nitrogens is 1. The third kappa shape index (κ3) is 6.06. The number of nitrogens with one attached hydrogen (secondary N) is 1. The van der Waals surface area contributed by atoms with Gasteiger partial charge in [0.05, 0.1) is 11.4 Å². The number of amides is 1. The van der Waals surface area contributed by atoms with Crippen LogP contribution in [0.4, 0.5) is 0 Å². The third-order valence-electron chi connectivity index (χ3n) is 4.92. The lowest BCUT2D eigenvalue weighted by molar-refractivity contribution is -0.118. The summed E-state index contributed by atoms with van der Waals surface area (Å²) < 4.78 is 0. The van der Waals surface area contributed by atoms with Gasteiger partial charge in [0, 0.05) is 29.3 Å². The molecule has 1 aliphatic rings. The van der Waals surface area contributed by atoms with Crippen LogP contribution in [0.1, 0.15) is 35.9 Å². The van der Waals surface area contributed by atoms with E-state index in [2.05, 4.69) is 48.3 Å². The van der Waals surface area contributed by atoms with E-state index in [4.69, 9.17) is 4.98 Å². The van der Waals surface area contributed by atoms with Crippen LogP contribution in [0.15, 0.2) is 24.3 Å². The van der Waals surface area contributed by atoms with Crippen LogP contribution in [0.5, 0.6) is 0 Å². The fourth-order valence-corrected chi connectivity index (χ4v) is 5.35. The molecule has 0 spiro atoms. The monoisotopic (exact) mass is 403 g/mol. The van der Waals surface area contributed by atoms with Crippen molar-refractivity contribution < 1.29 is 4.79 Å². The van der Waals surface area contributed by atoms with Crippen LogP contribution in [0.25, 0.3) is 10.6 Å². The fraction of sp³-hybridized carbons (Fsp3) is 0.524. The van der Waals surface area contributed by atoms with Crippen molar-refractivity contribution in [1.29, 1.82) is 0 Å². The number of hydrogen-bond acceptors (Lipinski definition) is 5. The van der Waals surface area contributed by atoms with Gasteiger partial charge in [0.1, 0.15) is 5.01 Å². The highest BCUT2D eigenvalue weighted by Gasteiger charge is 2.12. The Hall–Kier alpha value is -1.37. The molecule has 2 heterocycles. The lowest BCUT2D eigenvalue weighted by Crippen LogP contribution is -2.34. The molecule has 0 unspecified atom stereocenters. The second-order valence-electron chi connectivity index (χ2n) is 6.97. The minimum Gasteiger partial charge on any atom is -0.354 e. The predicted octanol–water partition coefficient (Wildman–Crippen LogP) is 4.13. The molecule has 3 rings (SSSR count). The van der Waals surface area contributed by atoms with Gasteiger partial charge in [-0.05, 0) is 44.8 Å². The van der Waals surface area contributed by atoms with Gasteiger partial charge in [-0.1, -0.05) is 31.2 Å². The minimum atomic E-state index is 0.136. The zero-order valence-corrected chi connectivity index (χ0v) is 17.9. The van der Waals surface area contributed by atoms with Crippen molar-refractivity contribution in [2.45, 2.75) is 38.9 Å². The number of rotatable bonds is 9. The predicted molar refractivity (Wildman–Crippen MR) is 117 cm³/mol. The first kappa shape index (κ1) is 20.4. The van der Waals surface area contributed by atoms with E-state index >= 15 is 0 Å². The van der Waals surface area contributed by atoms with E-state index in [0.717, 1.165) is 36.0 Å². The number of nitrogens with zero attached hydrogens (tertiary/aromatic N) is 2. The van der Waals surface area contributed by atoms with E-state index in [9.17, 15) is 4.79 Å². The van der Waals surface area contributed by atoms with Crippen LogP contribution >= 0.6 is 23.1 Å². The molecule has 146 valence electrons. The van der Waals surface area contributed by atoms with Gasteiger partial charge >= 0.3 is 0 Å². The number of hydrogen-bond donors (Lipinski definition) is 1. The van der Waals surface area contributed by atoms with E-state index < -0.39 is 0 Å². The van der Waals surface area contributed by atoms with Crippen molar-refractivity contribution in [2.24, 2.45) is 0 Å². The highest BCUT2D eigenvalue weighted by molar-refractivity contribution is 7.99. The number of likely N-dealkylation sites (tertiary alicyclic amines) is 1. The van der Waals surface area contributed by atoms with Crippen LogP contribution in [0.3, 0.4) is 0 Å². The number of thioether (sulfide) groups is 1. The van der Waals surface area contributed by atoms with Gasteiger partial charge in [-0.3, -0.25) is 4.79 Å². The Morgan fingerprint density at radius 3 is 2.70 bits per heavy atom. The third-order valence-corrected chi connectivity index (χ3v) is 7.27. The number of carbonyl (C=O) groups excluding carboxylic acids is 1. The van der Waals surface area contributed by atoms with E-state index in [-0.39, 0.29) is 5.91 Å². The lowest BCUT2D eigenvalue weighted by Gasteiger charge is -2.14. The molecule has 1 saturated heterocycles. The molecular weight excluding hydrogens is 374 g/mol.